The Morgan fingerprint density at radius 1 is 1.46 bits per heavy atom. The van der Waals surface area contributed by atoms with Gasteiger partial charge in [-0.1, -0.05) is 25.5 Å². The summed E-state index contributed by atoms with van der Waals surface area (Å²) in [4.78, 5) is 10.6. The number of hydrogen-bond donors (Lipinski definition) is 0. The van der Waals surface area contributed by atoms with Crippen molar-refractivity contribution in [3.63, 3.8) is 0 Å². The quantitative estimate of drug-likeness (QED) is 0.383. The molecule has 0 aromatic heterocycles. The normalized spacial score (nSPS) is 29.3. The van der Waals surface area contributed by atoms with Crippen LogP contribution >= 0.6 is 0 Å². The number of nitrogens with zero attached hydrogens (tertiary/aromatic N) is 1. The lowest BCUT2D eigenvalue weighted by molar-refractivity contribution is -0.533. The Bertz CT molecular complexity index is 201. The summed E-state index contributed by atoms with van der Waals surface area (Å²) in [5, 5.41) is 10.7. The van der Waals surface area contributed by atoms with Gasteiger partial charge in [-0.3, -0.25) is 10.1 Å². The number of allylic oxidation sites excluding steroid dienone is 1. The molecule has 0 aliphatic heterocycles. The summed E-state index contributed by atoms with van der Waals surface area (Å²) in [6.45, 7) is 2.06. The molecule has 3 heteroatoms. The monoisotopic (exact) mass is 183 g/mol. The molecule has 3 nitrogen and oxygen atoms in total. The van der Waals surface area contributed by atoms with Crippen molar-refractivity contribution in [2.24, 2.45) is 5.92 Å². The fourth-order valence-corrected chi connectivity index (χ4v) is 1.94. The van der Waals surface area contributed by atoms with E-state index < -0.39 is 0 Å². The predicted octanol–water partition coefficient (Wildman–Crippen LogP) is 2.79. The molecule has 13 heavy (non-hydrogen) atoms. The van der Waals surface area contributed by atoms with Gasteiger partial charge >= 0.3 is 0 Å². The van der Waals surface area contributed by atoms with E-state index >= 15 is 0 Å². The van der Waals surface area contributed by atoms with Crippen LogP contribution in [-0.4, -0.2) is 11.0 Å². The topological polar surface area (TPSA) is 43.1 Å². The van der Waals surface area contributed by atoms with Crippen LogP contribution in [0.3, 0.4) is 0 Å². The van der Waals surface area contributed by atoms with Crippen LogP contribution in [0.1, 0.15) is 39.0 Å². The molecule has 1 aliphatic rings. The molecule has 0 aromatic rings. The molecule has 1 aliphatic carbocycles. The first-order valence-electron chi connectivity index (χ1n) is 5.06. The van der Waals surface area contributed by atoms with Gasteiger partial charge < -0.3 is 0 Å². The van der Waals surface area contributed by atoms with Gasteiger partial charge in [0.05, 0.1) is 0 Å². The molecule has 0 radical (unpaired) electrons. The van der Waals surface area contributed by atoms with Crippen LogP contribution in [0.2, 0.25) is 0 Å². The minimum Gasteiger partial charge on any atom is -0.264 e. The summed E-state index contributed by atoms with van der Waals surface area (Å²) in [5.74, 6) is 0.184. The highest BCUT2D eigenvalue weighted by Crippen LogP contribution is 2.27. The second-order valence-electron chi connectivity index (χ2n) is 3.64. The Morgan fingerprint density at radius 3 is 2.77 bits per heavy atom. The van der Waals surface area contributed by atoms with Crippen molar-refractivity contribution in [2.75, 3.05) is 0 Å². The van der Waals surface area contributed by atoms with Crippen molar-refractivity contribution in [3.8, 4) is 0 Å². The van der Waals surface area contributed by atoms with Crippen molar-refractivity contribution in [1.29, 1.82) is 0 Å². The molecule has 1 rings (SSSR count). The van der Waals surface area contributed by atoms with Gasteiger partial charge in [0.15, 0.2) is 0 Å². The van der Waals surface area contributed by atoms with Gasteiger partial charge in [-0.2, -0.15) is 0 Å². The van der Waals surface area contributed by atoms with E-state index in [-0.39, 0.29) is 16.9 Å². The van der Waals surface area contributed by atoms with Crippen LogP contribution in [0.25, 0.3) is 0 Å². The van der Waals surface area contributed by atoms with Crippen molar-refractivity contribution >= 4 is 0 Å². The highest BCUT2D eigenvalue weighted by Gasteiger charge is 2.31. The van der Waals surface area contributed by atoms with E-state index in [0.29, 0.717) is 0 Å². The van der Waals surface area contributed by atoms with Crippen LogP contribution in [0.15, 0.2) is 12.2 Å². The minimum absolute atomic E-state index is 0.107. The van der Waals surface area contributed by atoms with E-state index in [2.05, 4.69) is 6.92 Å². The van der Waals surface area contributed by atoms with Gasteiger partial charge in [-0.25, -0.2) is 0 Å². The Balaban J connectivity index is 2.56. The molecule has 1 fully saturated rings. The van der Waals surface area contributed by atoms with Crippen LogP contribution in [0.5, 0.6) is 0 Å². The lowest BCUT2D eigenvalue weighted by Crippen LogP contribution is -2.30. The Morgan fingerprint density at radius 2 is 2.15 bits per heavy atom. The largest absolute Gasteiger partial charge is 0.264 e. The standard InChI is InChI=1S/C10H17NO2/c1-2-3-6-9-7-4-5-8-10(9)11(12)13/h3,6,9-10H,2,4-5,7-8H2,1H3. The van der Waals surface area contributed by atoms with Gasteiger partial charge in [0.25, 0.3) is 0 Å². The Labute approximate surface area is 79.0 Å². The van der Waals surface area contributed by atoms with Crippen LogP contribution < -0.4 is 0 Å². The highest BCUT2D eigenvalue weighted by atomic mass is 16.6. The first kappa shape index (κ1) is 10.2. The van der Waals surface area contributed by atoms with E-state index in [4.69, 9.17) is 0 Å². The lowest BCUT2D eigenvalue weighted by Gasteiger charge is -2.22. The average molecular weight is 183 g/mol. The summed E-state index contributed by atoms with van der Waals surface area (Å²) in [6.07, 6.45) is 8.96. The fraction of sp³-hybridized carbons (Fsp3) is 0.800. The lowest BCUT2D eigenvalue weighted by atomic mass is 9.84. The van der Waals surface area contributed by atoms with Gasteiger partial charge in [0, 0.05) is 17.3 Å². The van der Waals surface area contributed by atoms with Gasteiger partial charge in [-0.05, 0) is 19.3 Å². The second kappa shape index (κ2) is 5.00. The Kier molecular flexibility index (Phi) is 3.93. The number of hydrogen-bond acceptors (Lipinski definition) is 2. The molecule has 2 atom stereocenters. The third-order valence-electron chi connectivity index (χ3n) is 2.67. The van der Waals surface area contributed by atoms with Crippen molar-refractivity contribution in [1.82, 2.24) is 0 Å². The molecule has 0 aromatic carbocycles. The maximum atomic E-state index is 10.7. The van der Waals surface area contributed by atoms with E-state index in [9.17, 15) is 10.1 Å². The summed E-state index contributed by atoms with van der Waals surface area (Å²) in [6, 6.07) is -0.323. The molecule has 0 saturated heterocycles. The zero-order valence-corrected chi connectivity index (χ0v) is 8.11. The SMILES string of the molecule is CCC=CC1CCCCC1[N+](=O)[O-]. The van der Waals surface area contributed by atoms with Crippen molar-refractivity contribution < 1.29 is 4.92 Å². The second-order valence-corrected chi connectivity index (χ2v) is 3.64. The van der Waals surface area contributed by atoms with Gasteiger partial charge in [0.1, 0.15) is 0 Å². The zero-order chi connectivity index (χ0) is 9.68. The van der Waals surface area contributed by atoms with E-state index in [1.54, 1.807) is 0 Å². The van der Waals surface area contributed by atoms with E-state index in [1.807, 2.05) is 12.2 Å². The zero-order valence-electron chi connectivity index (χ0n) is 8.11. The predicted molar refractivity (Wildman–Crippen MR) is 52.2 cm³/mol. The minimum atomic E-state index is -0.323. The molecular weight excluding hydrogens is 166 g/mol. The van der Waals surface area contributed by atoms with Crippen molar-refractivity contribution in [2.45, 2.75) is 45.1 Å². The van der Waals surface area contributed by atoms with Crippen LogP contribution in [0.4, 0.5) is 0 Å². The number of nitro groups is 1. The maximum Gasteiger partial charge on any atom is 0.219 e. The molecule has 0 spiro atoms. The first-order valence-corrected chi connectivity index (χ1v) is 5.06. The molecule has 0 amide bonds. The third kappa shape index (κ3) is 2.83. The smallest absolute Gasteiger partial charge is 0.219 e. The molecular formula is C10H17NO2. The summed E-state index contributed by atoms with van der Waals surface area (Å²) in [7, 11) is 0. The fourth-order valence-electron chi connectivity index (χ4n) is 1.94. The summed E-state index contributed by atoms with van der Waals surface area (Å²) >= 11 is 0. The van der Waals surface area contributed by atoms with Crippen LogP contribution in [0, 0.1) is 16.0 Å². The molecule has 2 unspecified atom stereocenters. The van der Waals surface area contributed by atoms with Gasteiger partial charge in [-0.15, -0.1) is 0 Å². The number of rotatable bonds is 3. The van der Waals surface area contributed by atoms with E-state index in [1.165, 1.54) is 0 Å². The van der Waals surface area contributed by atoms with Gasteiger partial charge in [0.2, 0.25) is 6.04 Å². The maximum absolute atomic E-state index is 10.7. The summed E-state index contributed by atoms with van der Waals surface area (Å²) in [5.41, 5.74) is 0. The molecule has 74 valence electrons. The highest BCUT2D eigenvalue weighted by molar-refractivity contribution is 4.93. The van der Waals surface area contributed by atoms with Crippen LogP contribution in [-0.2, 0) is 0 Å². The third-order valence-corrected chi connectivity index (χ3v) is 2.67. The average Bonchev–Trinajstić information content (AvgIpc) is 2.15. The molecule has 0 bridgehead atoms. The van der Waals surface area contributed by atoms with E-state index in [0.717, 1.165) is 32.1 Å². The summed E-state index contributed by atoms with van der Waals surface area (Å²) < 4.78 is 0. The van der Waals surface area contributed by atoms with Crippen molar-refractivity contribution in [3.05, 3.63) is 22.3 Å². The molecule has 1 saturated carbocycles. The molecule has 0 N–H and O–H groups in total. The Hall–Kier alpha value is -0.860. The first-order chi connectivity index (χ1) is 6.25. The molecule has 0 heterocycles.